The van der Waals surface area contributed by atoms with Crippen molar-refractivity contribution in [3.63, 3.8) is 0 Å². The van der Waals surface area contributed by atoms with E-state index in [0.717, 1.165) is 0 Å². The zero-order valence-corrected chi connectivity index (χ0v) is 11.9. The van der Waals surface area contributed by atoms with Crippen molar-refractivity contribution in [3.05, 3.63) is 0 Å². The second-order valence-electron chi connectivity index (χ2n) is 5.44. The van der Waals surface area contributed by atoms with Crippen LogP contribution >= 0.6 is 0 Å². The Bertz CT molecular complexity index is 320. The van der Waals surface area contributed by atoms with Crippen molar-refractivity contribution in [3.8, 4) is 0 Å². The predicted octanol–water partition coefficient (Wildman–Crippen LogP) is -0.386. The van der Waals surface area contributed by atoms with Crippen molar-refractivity contribution in [2.24, 2.45) is 11.8 Å². The van der Waals surface area contributed by atoms with Gasteiger partial charge in [-0.2, -0.15) is 0 Å². The lowest BCUT2D eigenvalue weighted by Crippen LogP contribution is -2.44. The summed E-state index contributed by atoms with van der Waals surface area (Å²) in [5.41, 5.74) is 0. The van der Waals surface area contributed by atoms with Crippen LogP contribution in [0.1, 0.15) is 20.3 Å². The van der Waals surface area contributed by atoms with E-state index in [-0.39, 0.29) is 37.4 Å². The van der Waals surface area contributed by atoms with Gasteiger partial charge in [0.05, 0.1) is 25.2 Å². The Hall–Kier alpha value is -1.14. The van der Waals surface area contributed by atoms with Gasteiger partial charge in [0.15, 0.2) is 0 Å². The Morgan fingerprint density at radius 2 is 2.26 bits per heavy atom. The van der Waals surface area contributed by atoms with Gasteiger partial charge in [-0.1, -0.05) is 13.8 Å². The lowest BCUT2D eigenvalue weighted by atomic mass is 10.1. The van der Waals surface area contributed by atoms with Crippen molar-refractivity contribution >= 4 is 11.8 Å². The summed E-state index contributed by atoms with van der Waals surface area (Å²) in [6, 6.07) is -0.410. The number of carbonyl (C=O) groups excluding carboxylic acids is 2. The fourth-order valence-corrected chi connectivity index (χ4v) is 2.23. The molecule has 6 heteroatoms. The molecule has 2 amide bonds. The molecule has 0 aliphatic carbocycles. The van der Waals surface area contributed by atoms with Crippen molar-refractivity contribution in [2.45, 2.75) is 26.3 Å². The molecule has 1 rings (SSSR count). The minimum absolute atomic E-state index is 0.0288. The van der Waals surface area contributed by atoms with Gasteiger partial charge in [-0.25, -0.2) is 0 Å². The van der Waals surface area contributed by atoms with E-state index in [4.69, 9.17) is 9.84 Å². The number of methoxy groups -OCH3 is 1. The van der Waals surface area contributed by atoms with Gasteiger partial charge in [-0.15, -0.1) is 0 Å². The lowest BCUT2D eigenvalue weighted by Gasteiger charge is -2.20. The summed E-state index contributed by atoms with van der Waals surface area (Å²) in [5, 5.41) is 11.8. The molecule has 1 aliphatic heterocycles. The number of carbonyl (C=O) groups is 2. The molecule has 110 valence electrons. The molecular weight excluding hydrogens is 248 g/mol. The Balaban J connectivity index is 2.48. The molecule has 0 aromatic rings. The van der Waals surface area contributed by atoms with Gasteiger partial charge >= 0.3 is 0 Å². The maximum atomic E-state index is 12.0. The quantitative estimate of drug-likeness (QED) is 0.662. The number of nitrogens with zero attached hydrogens (tertiary/aromatic N) is 1. The van der Waals surface area contributed by atoms with Crippen LogP contribution in [0.15, 0.2) is 0 Å². The Morgan fingerprint density at radius 3 is 2.79 bits per heavy atom. The van der Waals surface area contributed by atoms with E-state index in [1.165, 1.54) is 7.11 Å². The first-order valence-electron chi connectivity index (χ1n) is 6.65. The van der Waals surface area contributed by atoms with Crippen LogP contribution in [-0.2, 0) is 14.3 Å². The zero-order chi connectivity index (χ0) is 14.4. The number of amides is 2. The minimum Gasteiger partial charge on any atom is -0.394 e. The van der Waals surface area contributed by atoms with E-state index in [2.05, 4.69) is 5.32 Å². The van der Waals surface area contributed by atoms with Gasteiger partial charge in [-0.3, -0.25) is 9.59 Å². The number of aliphatic hydroxyl groups is 1. The third-order valence-electron chi connectivity index (χ3n) is 3.11. The average Bonchev–Trinajstić information content (AvgIpc) is 2.69. The number of nitrogens with one attached hydrogen (secondary N) is 1. The van der Waals surface area contributed by atoms with Gasteiger partial charge in [0.25, 0.3) is 0 Å². The minimum atomic E-state index is -0.410. The van der Waals surface area contributed by atoms with Crippen LogP contribution in [0.25, 0.3) is 0 Å². The first-order chi connectivity index (χ1) is 8.97. The van der Waals surface area contributed by atoms with Gasteiger partial charge < -0.3 is 20.1 Å². The molecule has 1 saturated heterocycles. The van der Waals surface area contributed by atoms with Crippen LogP contribution < -0.4 is 5.32 Å². The van der Waals surface area contributed by atoms with Crippen LogP contribution in [0.3, 0.4) is 0 Å². The maximum absolute atomic E-state index is 12.0. The molecule has 1 heterocycles. The molecule has 0 spiro atoms. The average molecular weight is 272 g/mol. The van der Waals surface area contributed by atoms with Gasteiger partial charge in [0.2, 0.25) is 11.8 Å². The summed E-state index contributed by atoms with van der Waals surface area (Å²) in [5.74, 6) is -0.0848. The zero-order valence-electron chi connectivity index (χ0n) is 11.9. The third-order valence-corrected chi connectivity index (χ3v) is 3.11. The normalized spacial score (nSPS) is 21.0. The predicted molar refractivity (Wildman–Crippen MR) is 70.4 cm³/mol. The highest BCUT2D eigenvalue weighted by Crippen LogP contribution is 2.19. The van der Waals surface area contributed by atoms with E-state index < -0.39 is 6.04 Å². The Labute approximate surface area is 114 Å². The standard InChI is InChI=1S/C13H24N2O4/c1-9(2)5-15-6-10(4-12(15)17)13(18)14-11(7-16)8-19-3/h9-11,16H,4-8H2,1-3H3,(H,14,18). The SMILES string of the molecule is COCC(CO)NC(=O)C1CC(=O)N(CC(C)C)C1. The first kappa shape index (κ1) is 15.9. The first-order valence-corrected chi connectivity index (χ1v) is 6.65. The Kier molecular flexibility index (Phi) is 6.24. The van der Waals surface area contributed by atoms with Crippen molar-refractivity contribution in [1.29, 1.82) is 0 Å². The van der Waals surface area contributed by atoms with E-state index in [9.17, 15) is 9.59 Å². The molecule has 2 N–H and O–H groups in total. The van der Waals surface area contributed by atoms with E-state index in [1.807, 2.05) is 13.8 Å². The van der Waals surface area contributed by atoms with Crippen molar-refractivity contribution in [1.82, 2.24) is 10.2 Å². The molecule has 0 bridgehead atoms. The number of ether oxygens (including phenoxy) is 1. The Morgan fingerprint density at radius 1 is 1.58 bits per heavy atom. The summed E-state index contributed by atoms with van der Waals surface area (Å²) < 4.78 is 4.90. The molecule has 0 radical (unpaired) electrons. The van der Waals surface area contributed by atoms with Gasteiger partial charge in [0.1, 0.15) is 0 Å². The number of rotatable bonds is 7. The molecule has 2 atom stereocenters. The summed E-state index contributed by atoms with van der Waals surface area (Å²) >= 11 is 0. The summed E-state index contributed by atoms with van der Waals surface area (Å²) in [6.07, 6.45) is 0.254. The lowest BCUT2D eigenvalue weighted by molar-refractivity contribution is -0.129. The number of likely N-dealkylation sites (tertiary alicyclic amines) is 1. The van der Waals surface area contributed by atoms with Crippen LogP contribution in [0.4, 0.5) is 0 Å². The number of hydrogen-bond acceptors (Lipinski definition) is 4. The van der Waals surface area contributed by atoms with Crippen LogP contribution in [0, 0.1) is 11.8 Å². The molecule has 1 aliphatic rings. The van der Waals surface area contributed by atoms with Crippen molar-refractivity contribution in [2.75, 3.05) is 33.4 Å². The summed E-state index contributed by atoms with van der Waals surface area (Å²) in [7, 11) is 1.51. The number of hydrogen-bond donors (Lipinski definition) is 2. The molecular formula is C13H24N2O4. The third kappa shape index (κ3) is 4.80. The highest BCUT2D eigenvalue weighted by atomic mass is 16.5. The monoisotopic (exact) mass is 272 g/mol. The fourth-order valence-electron chi connectivity index (χ4n) is 2.23. The summed E-state index contributed by atoms with van der Waals surface area (Å²) in [4.78, 5) is 25.5. The second-order valence-corrected chi connectivity index (χ2v) is 5.44. The van der Waals surface area contributed by atoms with Crippen molar-refractivity contribution < 1.29 is 19.4 Å². The molecule has 0 saturated carbocycles. The highest BCUT2D eigenvalue weighted by molar-refractivity contribution is 5.89. The summed E-state index contributed by atoms with van der Waals surface area (Å²) in [6.45, 7) is 5.33. The smallest absolute Gasteiger partial charge is 0.225 e. The van der Waals surface area contributed by atoms with Crippen LogP contribution in [0.2, 0.25) is 0 Å². The molecule has 2 unspecified atom stereocenters. The molecule has 19 heavy (non-hydrogen) atoms. The molecule has 0 aromatic carbocycles. The largest absolute Gasteiger partial charge is 0.394 e. The van der Waals surface area contributed by atoms with E-state index >= 15 is 0 Å². The van der Waals surface area contributed by atoms with E-state index in [1.54, 1.807) is 4.90 Å². The molecule has 1 fully saturated rings. The number of aliphatic hydroxyl groups excluding tert-OH is 1. The second kappa shape index (κ2) is 7.45. The van der Waals surface area contributed by atoms with Crippen LogP contribution in [-0.4, -0.2) is 61.3 Å². The van der Waals surface area contributed by atoms with Crippen LogP contribution in [0.5, 0.6) is 0 Å². The van der Waals surface area contributed by atoms with Gasteiger partial charge in [-0.05, 0) is 5.92 Å². The molecule has 6 nitrogen and oxygen atoms in total. The fraction of sp³-hybridized carbons (Fsp3) is 0.846. The van der Waals surface area contributed by atoms with Gasteiger partial charge in [0, 0.05) is 26.6 Å². The topological polar surface area (TPSA) is 78.9 Å². The molecule has 0 aromatic heterocycles. The maximum Gasteiger partial charge on any atom is 0.225 e. The highest BCUT2D eigenvalue weighted by Gasteiger charge is 2.34. The van der Waals surface area contributed by atoms with E-state index in [0.29, 0.717) is 19.0 Å².